The van der Waals surface area contributed by atoms with Crippen molar-refractivity contribution in [2.24, 2.45) is 0 Å². The van der Waals surface area contributed by atoms with Crippen LogP contribution in [0.5, 0.6) is 0 Å². The highest BCUT2D eigenvalue weighted by atomic mass is 16.6. The summed E-state index contributed by atoms with van der Waals surface area (Å²) in [6.07, 6.45) is 90.9. The molecule has 76 heavy (non-hydrogen) atoms. The second-order valence-electron chi connectivity index (χ2n) is 19.5. The summed E-state index contributed by atoms with van der Waals surface area (Å²) in [5.41, 5.74) is 0. The topological polar surface area (TPSA) is 78.9 Å². The Hall–Kier alpha value is -4.97. The molecule has 0 radical (unpaired) electrons. The lowest BCUT2D eigenvalue weighted by Crippen LogP contribution is -2.30. The number of hydrogen-bond acceptors (Lipinski definition) is 6. The van der Waals surface area contributed by atoms with Crippen molar-refractivity contribution in [1.82, 2.24) is 0 Å². The average molecular weight is 1050 g/mol. The molecule has 0 aliphatic carbocycles. The quantitative estimate of drug-likeness (QED) is 0.0261. The predicted octanol–water partition coefficient (Wildman–Crippen LogP) is 20.9. The molecule has 0 bridgehead atoms. The molecule has 0 N–H and O–H groups in total. The van der Waals surface area contributed by atoms with Crippen LogP contribution in [0.15, 0.2) is 158 Å². The van der Waals surface area contributed by atoms with Gasteiger partial charge in [-0.3, -0.25) is 14.4 Å². The molecule has 0 saturated carbocycles. The Kier molecular flexibility index (Phi) is 58.5. The van der Waals surface area contributed by atoms with E-state index in [9.17, 15) is 14.4 Å². The van der Waals surface area contributed by atoms with E-state index in [1.807, 2.05) is 0 Å². The molecule has 0 fully saturated rings. The Morgan fingerprint density at radius 1 is 0.276 bits per heavy atom. The molecule has 0 spiro atoms. The summed E-state index contributed by atoms with van der Waals surface area (Å²) in [7, 11) is 0. The van der Waals surface area contributed by atoms with Crippen LogP contribution in [0.1, 0.15) is 245 Å². The number of ether oxygens (including phenoxy) is 3. The first-order chi connectivity index (χ1) is 37.5. The minimum atomic E-state index is -0.815. The van der Waals surface area contributed by atoms with Crippen LogP contribution in [-0.2, 0) is 28.6 Å². The van der Waals surface area contributed by atoms with Crippen molar-refractivity contribution in [1.29, 1.82) is 0 Å². The monoisotopic (exact) mass is 1050 g/mol. The maximum Gasteiger partial charge on any atom is 0.306 e. The molecule has 0 amide bonds. The van der Waals surface area contributed by atoms with Gasteiger partial charge in [0, 0.05) is 19.3 Å². The normalized spacial score (nSPS) is 13.2. The van der Waals surface area contributed by atoms with Gasteiger partial charge >= 0.3 is 17.9 Å². The minimum absolute atomic E-state index is 0.109. The fourth-order valence-corrected chi connectivity index (χ4v) is 7.72. The number of carbonyl (C=O) groups is 3. The lowest BCUT2D eigenvalue weighted by Gasteiger charge is -2.18. The molecular weight excluding hydrogens is 937 g/mol. The molecule has 0 rings (SSSR count). The predicted molar refractivity (Wildman–Crippen MR) is 329 cm³/mol. The first kappa shape index (κ1) is 71.0. The van der Waals surface area contributed by atoms with Crippen LogP contribution < -0.4 is 0 Å². The maximum absolute atomic E-state index is 12.9. The molecule has 0 saturated heterocycles. The van der Waals surface area contributed by atoms with Gasteiger partial charge in [-0.25, -0.2) is 0 Å². The summed E-state index contributed by atoms with van der Waals surface area (Å²) in [5.74, 6) is -0.972. The zero-order valence-corrected chi connectivity index (χ0v) is 48.7. The molecule has 1 unspecified atom stereocenters. The van der Waals surface area contributed by atoms with Gasteiger partial charge in [0.15, 0.2) is 6.10 Å². The summed E-state index contributed by atoms with van der Waals surface area (Å²) in [4.78, 5) is 38.3. The lowest BCUT2D eigenvalue weighted by atomic mass is 10.1. The van der Waals surface area contributed by atoms with Crippen LogP contribution in [0.25, 0.3) is 0 Å². The third-order valence-electron chi connectivity index (χ3n) is 12.2. The zero-order chi connectivity index (χ0) is 55.0. The van der Waals surface area contributed by atoms with Crippen molar-refractivity contribution in [2.75, 3.05) is 13.2 Å². The van der Waals surface area contributed by atoms with E-state index in [1.165, 1.54) is 19.3 Å². The Balaban J connectivity index is 4.51. The number of unbranched alkanes of at least 4 members (excludes halogenated alkanes) is 16. The van der Waals surface area contributed by atoms with E-state index in [1.54, 1.807) is 0 Å². The number of carbonyl (C=O) groups excluding carboxylic acids is 3. The van der Waals surface area contributed by atoms with Crippen molar-refractivity contribution >= 4 is 17.9 Å². The number of hydrogen-bond donors (Lipinski definition) is 0. The van der Waals surface area contributed by atoms with Gasteiger partial charge < -0.3 is 14.2 Å². The molecule has 0 aliphatic rings. The van der Waals surface area contributed by atoms with Crippen molar-refractivity contribution in [2.45, 2.75) is 252 Å². The van der Waals surface area contributed by atoms with Crippen LogP contribution in [0.3, 0.4) is 0 Å². The number of rotatable bonds is 53. The van der Waals surface area contributed by atoms with Crippen molar-refractivity contribution in [3.8, 4) is 0 Å². The molecule has 426 valence electrons. The highest BCUT2D eigenvalue weighted by Gasteiger charge is 2.19. The van der Waals surface area contributed by atoms with Crippen LogP contribution in [0, 0.1) is 0 Å². The molecular formula is C70H110O6. The SMILES string of the molecule is CC/C=C\C/C=C\C/C=C\C/C=C\C/C=C\C/C=C\CCCCCCC(=O)OCC(COC(=O)CCCCCCC/C=C\C/C=C\CCCC)OC(=O)CCCCCCC/C=C\C/C=C\C/C=C\C/C=C\C/C=C\CC. The highest BCUT2D eigenvalue weighted by Crippen LogP contribution is 2.13. The molecule has 0 aromatic heterocycles. The van der Waals surface area contributed by atoms with Gasteiger partial charge in [0.1, 0.15) is 13.2 Å². The van der Waals surface area contributed by atoms with E-state index >= 15 is 0 Å². The number of esters is 3. The third kappa shape index (κ3) is 59.9. The van der Waals surface area contributed by atoms with Crippen molar-refractivity contribution < 1.29 is 28.6 Å². The second-order valence-corrected chi connectivity index (χ2v) is 19.5. The summed E-state index contributed by atoms with van der Waals surface area (Å²) in [5, 5.41) is 0. The summed E-state index contributed by atoms with van der Waals surface area (Å²) in [6, 6.07) is 0. The maximum atomic E-state index is 12.9. The van der Waals surface area contributed by atoms with Crippen LogP contribution in [0.4, 0.5) is 0 Å². The molecule has 0 aliphatic heterocycles. The average Bonchev–Trinajstić information content (AvgIpc) is 3.42. The molecule has 0 aromatic carbocycles. The van der Waals surface area contributed by atoms with E-state index in [2.05, 4.69) is 179 Å². The molecule has 6 heteroatoms. The Morgan fingerprint density at radius 3 is 0.803 bits per heavy atom. The zero-order valence-electron chi connectivity index (χ0n) is 48.7. The Labute approximate surface area is 467 Å². The molecule has 0 heterocycles. The van der Waals surface area contributed by atoms with Crippen molar-refractivity contribution in [3.05, 3.63) is 158 Å². The van der Waals surface area contributed by atoms with E-state index in [0.29, 0.717) is 12.8 Å². The number of allylic oxidation sites excluding steroid dienone is 26. The molecule has 6 nitrogen and oxygen atoms in total. The van der Waals surface area contributed by atoms with Gasteiger partial charge in [0.2, 0.25) is 0 Å². The fourth-order valence-electron chi connectivity index (χ4n) is 7.72. The van der Waals surface area contributed by atoms with Crippen LogP contribution >= 0.6 is 0 Å². The van der Waals surface area contributed by atoms with Gasteiger partial charge in [-0.2, -0.15) is 0 Å². The second kappa shape index (κ2) is 62.6. The fraction of sp³-hybridized carbons (Fsp3) is 0.586. The largest absolute Gasteiger partial charge is 0.462 e. The van der Waals surface area contributed by atoms with Gasteiger partial charge in [-0.15, -0.1) is 0 Å². The van der Waals surface area contributed by atoms with Crippen molar-refractivity contribution in [3.63, 3.8) is 0 Å². The third-order valence-corrected chi connectivity index (χ3v) is 12.2. The van der Waals surface area contributed by atoms with Crippen LogP contribution in [0.2, 0.25) is 0 Å². The Morgan fingerprint density at radius 2 is 0.513 bits per heavy atom. The Bertz CT molecular complexity index is 1720. The van der Waals surface area contributed by atoms with E-state index in [4.69, 9.17) is 14.2 Å². The molecule has 0 aromatic rings. The van der Waals surface area contributed by atoms with E-state index < -0.39 is 6.10 Å². The summed E-state index contributed by atoms with van der Waals surface area (Å²) >= 11 is 0. The lowest BCUT2D eigenvalue weighted by molar-refractivity contribution is -0.167. The summed E-state index contributed by atoms with van der Waals surface area (Å²) < 4.78 is 16.9. The van der Waals surface area contributed by atoms with Gasteiger partial charge in [-0.05, 0) is 141 Å². The first-order valence-corrected chi connectivity index (χ1v) is 30.5. The van der Waals surface area contributed by atoms with Gasteiger partial charge in [0.25, 0.3) is 0 Å². The summed E-state index contributed by atoms with van der Waals surface area (Å²) in [6.45, 7) is 6.31. The van der Waals surface area contributed by atoms with E-state index in [0.717, 1.165) is 186 Å². The van der Waals surface area contributed by atoms with Gasteiger partial charge in [-0.1, -0.05) is 243 Å². The smallest absolute Gasteiger partial charge is 0.306 e. The first-order valence-electron chi connectivity index (χ1n) is 30.5. The minimum Gasteiger partial charge on any atom is -0.462 e. The standard InChI is InChI=1S/C70H110O6/c1-4-7-10-13-16-19-22-25-28-30-32-34-35-37-38-40-42-45-48-51-54-57-60-63-69(72)75-66-67(65-74-68(71)62-59-56-53-50-47-44-27-24-21-18-15-12-9-6-3)76-70(73)64-61-58-55-52-49-46-43-41-39-36-33-31-29-26-23-20-17-14-11-8-5-2/h7-8,10-11,15-20,24-29,32-34,36-38,41-43,45,67H,4-6,9,12-14,21-23,30-31,35,39-40,44,46-66H2,1-3H3/b10-7-,11-8-,18-15-,19-16-,20-17-,27-24-,28-25-,29-26-,34-32-,36-33-,38-37-,43-41-,45-42-. The molecule has 1 atom stereocenters. The van der Waals surface area contributed by atoms with E-state index in [-0.39, 0.29) is 37.5 Å². The van der Waals surface area contributed by atoms with Gasteiger partial charge in [0.05, 0.1) is 0 Å². The highest BCUT2D eigenvalue weighted by molar-refractivity contribution is 5.71. The van der Waals surface area contributed by atoms with Crippen LogP contribution in [-0.4, -0.2) is 37.2 Å².